The predicted octanol–water partition coefficient (Wildman–Crippen LogP) is 7.86. The van der Waals surface area contributed by atoms with Gasteiger partial charge < -0.3 is 24.3 Å². The second-order valence-electron chi connectivity index (χ2n) is 13.5. The first kappa shape index (κ1) is 38.3. The summed E-state index contributed by atoms with van der Waals surface area (Å²) in [5.74, 6) is -2.34. The number of amides is 1. The zero-order chi connectivity index (χ0) is 36.6. The maximum absolute atomic E-state index is 14.8. The van der Waals surface area contributed by atoms with Crippen LogP contribution >= 0.6 is 0 Å². The number of carbonyl (C=O) groups is 1. The largest absolute Gasteiger partial charge is 0.497 e. The van der Waals surface area contributed by atoms with Gasteiger partial charge in [-0.1, -0.05) is 57.1 Å². The van der Waals surface area contributed by atoms with Gasteiger partial charge in [-0.25, -0.2) is 22.2 Å². The highest BCUT2D eigenvalue weighted by molar-refractivity contribution is 7.89. The van der Waals surface area contributed by atoms with Gasteiger partial charge in [-0.3, -0.25) is 4.79 Å². The first-order valence-corrected chi connectivity index (χ1v) is 19.0. The normalized spacial score (nSPS) is 19.8. The zero-order valence-electron chi connectivity index (χ0n) is 29.8. The van der Waals surface area contributed by atoms with Crippen LogP contribution < -0.4 is 24.3 Å². The van der Waals surface area contributed by atoms with Gasteiger partial charge in [0.05, 0.1) is 28.4 Å². The molecule has 1 aromatic heterocycles. The standard InChI is InChI=1S/C38H49F2N3O7S/c1-47-30-14-12-27(34(21-30)49-3)24-43(25-28-13-15-31(48-2)22-35(28)50-4)51(45,46)36-20-29(17-19-41-36)42-37(44)33-23-38(39,40)18-16-32(33)26-10-8-6-5-7-9-11-26/h12-15,17,19-22,26,32-33H,5-11,16,18,23-25H2,1-4H3,(H,41,42,44). The number of methoxy groups -OCH3 is 4. The van der Waals surface area contributed by atoms with Gasteiger partial charge in [-0.2, -0.15) is 4.31 Å². The number of aromatic nitrogens is 1. The molecule has 2 fully saturated rings. The average Bonchev–Trinajstić information content (AvgIpc) is 3.11. The number of ether oxygens (including phenoxy) is 4. The number of carbonyl (C=O) groups excluding carboxylic acids is 1. The Bertz CT molecular complexity index is 1690. The molecule has 1 N–H and O–H groups in total. The van der Waals surface area contributed by atoms with Crippen molar-refractivity contribution < 1.29 is 40.9 Å². The monoisotopic (exact) mass is 729 g/mol. The molecule has 278 valence electrons. The molecule has 0 radical (unpaired) electrons. The topological polar surface area (TPSA) is 116 Å². The molecule has 10 nitrogen and oxygen atoms in total. The summed E-state index contributed by atoms with van der Waals surface area (Å²) in [7, 11) is 1.69. The molecule has 1 amide bonds. The van der Waals surface area contributed by atoms with E-state index in [1.165, 1.54) is 57.5 Å². The van der Waals surface area contributed by atoms with Crippen LogP contribution in [0.4, 0.5) is 14.5 Å². The lowest BCUT2D eigenvalue weighted by molar-refractivity contribution is -0.134. The minimum absolute atomic E-state index is 0.108. The predicted molar refractivity (Wildman–Crippen MR) is 190 cm³/mol. The lowest BCUT2D eigenvalue weighted by Crippen LogP contribution is -2.42. The molecule has 2 aromatic carbocycles. The van der Waals surface area contributed by atoms with Crippen LogP contribution in [0.15, 0.2) is 59.8 Å². The summed E-state index contributed by atoms with van der Waals surface area (Å²) in [5.41, 5.74) is 1.30. The number of nitrogens with zero attached hydrogens (tertiary/aromatic N) is 2. The first-order valence-electron chi connectivity index (χ1n) is 17.5. The number of rotatable bonds is 13. The number of benzene rings is 2. The van der Waals surface area contributed by atoms with E-state index in [-0.39, 0.29) is 42.1 Å². The van der Waals surface area contributed by atoms with Gasteiger partial charge in [0.15, 0.2) is 5.03 Å². The smallest absolute Gasteiger partial charge is 0.261 e. The van der Waals surface area contributed by atoms with E-state index in [1.54, 1.807) is 36.4 Å². The second kappa shape index (κ2) is 17.0. The molecule has 0 spiro atoms. The van der Waals surface area contributed by atoms with Crippen molar-refractivity contribution in [1.29, 1.82) is 0 Å². The zero-order valence-corrected chi connectivity index (χ0v) is 30.6. The van der Waals surface area contributed by atoms with Gasteiger partial charge in [0.2, 0.25) is 11.8 Å². The van der Waals surface area contributed by atoms with Crippen LogP contribution in [0.25, 0.3) is 0 Å². The fraction of sp³-hybridized carbons (Fsp3) is 0.526. The van der Waals surface area contributed by atoms with E-state index in [0.717, 1.165) is 38.5 Å². The highest BCUT2D eigenvalue weighted by atomic mass is 32.2. The highest BCUT2D eigenvalue weighted by Crippen LogP contribution is 2.46. The maximum Gasteiger partial charge on any atom is 0.261 e. The minimum Gasteiger partial charge on any atom is -0.497 e. The van der Waals surface area contributed by atoms with Gasteiger partial charge in [0, 0.05) is 73.1 Å². The molecule has 1 heterocycles. The van der Waals surface area contributed by atoms with Gasteiger partial charge in [0.1, 0.15) is 23.0 Å². The lowest BCUT2D eigenvalue weighted by Gasteiger charge is -2.40. The van der Waals surface area contributed by atoms with Crippen molar-refractivity contribution in [2.45, 2.75) is 88.2 Å². The molecule has 2 unspecified atom stereocenters. The van der Waals surface area contributed by atoms with Crippen LogP contribution in [-0.4, -0.2) is 58.0 Å². The van der Waals surface area contributed by atoms with E-state index in [1.807, 2.05) is 0 Å². The third-order valence-electron chi connectivity index (χ3n) is 10.3. The molecule has 0 aliphatic heterocycles. The molecule has 2 atom stereocenters. The lowest BCUT2D eigenvalue weighted by atomic mass is 9.67. The summed E-state index contributed by atoms with van der Waals surface area (Å²) < 4.78 is 81.5. The Balaban J connectivity index is 1.45. The van der Waals surface area contributed by atoms with Crippen LogP contribution in [-0.2, 0) is 27.9 Å². The Hall–Kier alpha value is -3.97. The summed E-state index contributed by atoms with van der Waals surface area (Å²) >= 11 is 0. The second-order valence-corrected chi connectivity index (χ2v) is 15.4. The first-order chi connectivity index (χ1) is 24.5. The number of pyridine rings is 1. The van der Waals surface area contributed by atoms with Gasteiger partial charge in [0.25, 0.3) is 10.0 Å². The van der Waals surface area contributed by atoms with E-state index < -0.39 is 34.2 Å². The van der Waals surface area contributed by atoms with Crippen molar-refractivity contribution in [1.82, 2.24) is 9.29 Å². The molecule has 13 heteroatoms. The Morgan fingerprint density at radius 2 is 1.39 bits per heavy atom. The van der Waals surface area contributed by atoms with Gasteiger partial charge >= 0.3 is 0 Å². The van der Waals surface area contributed by atoms with E-state index in [9.17, 15) is 22.0 Å². The fourth-order valence-electron chi connectivity index (χ4n) is 7.49. The van der Waals surface area contributed by atoms with Crippen LogP contribution in [0, 0.1) is 17.8 Å². The molecule has 0 bridgehead atoms. The summed E-state index contributed by atoms with van der Waals surface area (Å²) in [6.07, 6.45) is 8.24. The average molecular weight is 730 g/mol. The van der Waals surface area contributed by atoms with Crippen LogP contribution in [0.5, 0.6) is 23.0 Å². The Morgan fingerprint density at radius 1 is 0.824 bits per heavy atom. The third kappa shape index (κ3) is 9.48. The number of hydrogen-bond donors (Lipinski definition) is 1. The number of sulfonamides is 1. The molecule has 2 aliphatic rings. The SMILES string of the molecule is COc1ccc(CN(Cc2ccc(OC)cc2OC)S(=O)(=O)c2cc(NC(=O)C3CC(F)(F)CCC3C3CCCCCCC3)ccn2)c(OC)c1. The van der Waals surface area contributed by atoms with Crippen molar-refractivity contribution in [2.75, 3.05) is 33.8 Å². The Kier molecular flexibility index (Phi) is 12.8. The fourth-order valence-corrected chi connectivity index (χ4v) is 8.84. The number of hydrogen-bond acceptors (Lipinski definition) is 8. The van der Waals surface area contributed by atoms with Crippen molar-refractivity contribution in [3.8, 4) is 23.0 Å². The van der Waals surface area contributed by atoms with Crippen molar-refractivity contribution in [3.63, 3.8) is 0 Å². The third-order valence-corrected chi connectivity index (χ3v) is 11.9. The number of anilines is 1. The Morgan fingerprint density at radius 3 is 1.94 bits per heavy atom. The number of alkyl halides is 2. The van der Waals surface area contributed by atoms with E-state index in [4.69, 9.17) is 18.9 Å². The van der Waals surface area contributed by atoms with Crippen molar-refractivity contribution >= 4 is 21.6 Å². The Labute approximate surface area is 299 Å². The van der Waals surface area contributed by atoms with Crippen molar-refractivity contribution in [2.24, 2.45) is 17.8 Å². The summed E-state index contributed by atoms with van der Waals surface area (Å²) in [5, 5.41) is 2.48. The molecule has 2 aliphatic carbocycles. The van der Waals surface area contributed by atoms with E-state index in [2.05, 4.69) is 10.3 Å². The number of halogens is 2. The summed E-state index contributed by atoms with van der Waals surface area (Å²) in [6, 6.07) is 13.0. The summed E-state index contributed by atoms with van der Waals surface area (Å²) in [6.45, 7) is -0.216. The van der Waals surface area contributed by atoms with Gasteiger partial charge in [-0.05, 0) is 36.5 Å². The summed E-state index contributed by atoms with van der Waals surface area (Å²) in [4.78, 5) is 18.0. The maximum atomic E-state index is 14.8. The highest BCUT2D eigenvalue weighted by Gasteiger charge is 2.46. The molecule has 5 rings (SSSR count). The van der Waals surface area contributed by atoms with Crippen molar-refractivity contribution in [3.05, 3.63) is 65.9 Å². The number of nitrogens with one attached hydrogen (secondary N) is 1. The molecular weight excluding hydrogens is 680 g/mol. The molecular formula is C38H49F2N3O7S. The van der Waals surface area contributed by atoms with Crippen LogP contribution in [0.3, 0.4) is 0 Å². The van der Waals surface area contributed by atoms with Crippen LogP contribution in [0.1, 0.15) is 75.3 Å². The molecule has 0 saturated heterocycles. The quantitative estimate of drug-likeness (QED) is 0.189. The molecule has 2 saturated carbocycles. The molecule has 3 aromatic rings. The van der Waals surface area contributed by atoms with Crippen LogP contribution in [0.2, 0.25) is 0 Å². The van der Waals surface area contributed by atoms with E-state index >= 15 is 0 Å². The van der Waals surface area contributed by atoms with Gasteiger partial charge in [-0.15, -0.1) is 0 Å². The molecule has 51 heavy (non-hydrogen) atoms. The van der Waals surface area contributed by atoms with E-state index in [0.29, 0.717) is 40.5 Å². The minimum atomic E-state index is -4.34.